The summed E-state index contributed by atoms with van der Waals surface area (Å²) in [6, 6.07) is 0. The van der Waals surface area contributed by atoms with Crippen LogP contribution in [0.4, 0.5) is 0 Å². The quantitative estimate of drug-likeness (QED) is 0.121. The normalized spacial score (nSPS) is 54.4. The molecule has 7 rings (SSSR count). The van der Waals surface area contributed by atoms with Gasteiger partial charge in [-0.05, 0) is 99.4 Å². The van der Waals surface area contributed by atoms with Gasteiger partial charge in [-0.2, -0.15) is 0 Å². The Balaban J connectivity index is 0.995. The predicted molar refractivity (Wildman–Crippen MR) is 167 cm³/mol. The number of carbonyl (C=O) groups excluding carboxylic acids is 1. The lowest BCUT2D eigenvalue weighted by molar-refractivity contribution is -0.360. The first-order valence-corrected chi connectivity index (χ1v) is 18.1. The molecule has 0 unspecified atom stereocenters. The summed E-state index contributed by atoms with van der Waals surface area (Å²) in [6.07, 6.45) is -5.76. The Morgan fingerprint density at radius 2 is 1.57 bits per heavy atom. The number of hydrogen-bond acceptors (Lipinski definition) is 14. The molecule has 4 aliphatic carbocycles. The zero-order valence-electron chi connectivity index (χ0n) is 28.3. The highest BCUT2D eigenvalue weighted by Crippen LogP contribution is 2.70. The van der Waals surface area contributed by atoms with Gasteiger partial charge in [0.25, 0.3) is 0 Å². The molecule has 0 aromatic heterocycles. The fourth-order valence-electron chi connectivity index (χ4n) is 11.4. The standard InChI is InChI=1S/C35H54O14/c1-16-30(49-32-28(42)26(40)25(39)23(13-36)48-32)27(41)29(43)31(46-16)47-19-5-9-34(15-37)18(12-19)3-4-22-21(34)6-8-33(2)20(7-10-35(22,33)44)17-11-24(38)45-14-17/h11,16,18-23,25-32,36-37,39-44H,3-10,12-15H2,1-2H3/t16-,18+,19+,20-,21+,22-,23-,25-,26+,27+,28-,29-,30-,31+,32+,33-,34-,35+/m1/s1. The van der Waals surface area contributed by atoms with Crippen molar-refractivity contribution in [2.45, 2.75) is 145 Å². The molecule has 0 radical (unpaired) electrons. The van der Waals surface area contributed by atoms with Crippen LogP contribution in [-0.2, 0) is 28.5 Å². The van der Waals surface area contributed by atoms with Crippen molar-refractivity contribution in [1.29, 1.82) is 0 Å². The van der Waals surface area contributed by atoms with E-state index in [1.54, 1.807) is 13.0 Å². The minimum atomic E-state index is -1.67. The lowest BCUT2D eigenvalue weighted by atomic mass is 9.43. The van der Waals surface area contributed by atoms with E-state index in [4.69, 9.17) is 23.7 Å². The van der Waals surface area contributed by atoms with Crippen LogP contribution in [0.25, 0.3) is 0 Å². The van der Waals surface area contributed by atoms with Gasteiger partial charge in [0.15, 0.2) is 12.6 Å². The minimum Gasteiger partial charge on any atom is -0.458 e. The Hall–Kier alpha value is -1.27. The Bertz CT molecular complexity index is 1260. The molecule has 0 spiro atoms. The Kier molecular flexibility index (Phi) is 9.80. The maximum Gasteiger partial charge on any atom is 0.331 e. The third kappa shape index (κ3) is 5.64. The molecular formula is C35H54O14. The Morgan fingerprint density at radius 1 is 0.837 bits per heavy atom. The minimum absolute atomic E-state index is 0.0184. The van der Waals surface area contributed by atoms with Gasteiger partial charge in [-0.3, -0.25) is 0 Å². The largest absolute Gasteiger partial charge is 0.458 e. The van der Waals surface area contributed by atoms with Crippen molar-refractivity contribution in [3.63, 3.8) is 0 Å². The van der Waals surface area contributed by atoms with Gasteiger partial charge >= 0.3 is 5.97 Å². The van der Waals surface area contributed by atoms with Crippen LogP contribution < -0.4 is 0 Å². The number of aliphatic hydroxyl groups is 8. The summed E-state index contributed by atoms with van der Waals surface area (Å²) >= 11 is 0. The first-order chi connectivity index (χ1) is 23.3. The van der Waals surface area contributed by atoms with Crippen molar-refractivity contribution < 1.29 is 69.3 Å². The second kappa shape index (κ2) is 13.3. The van der Waals surface area contributed by atoms with E-state index < -0.39 is 73.6 Å². The van der Waals surface area contributed by atoms with Crippen molar-refractivity contribution in [2.24, 2.45) is 34.5 Å². The molecule has 278 valence electrons. The highest BCUT2D eigenvalue weighted by Gasteiger charge is 2.68. The van der Waals surface area contributed by atoms with Gasteiger partial charge < -0.3 is 64.5 Å². The van der Waals surface area contributed by atoms with Crippen LogP contribution in [0.3, 0.4) is 0 Å². The number of esters is 1. The fourth-order valence-corrected chi connectivity index (χ4v) is 11.4. The summed E-state index contributed by atoms with van der Waals surface area (Å²) in [5.74, 6) is 0.104. The lowest BCUT2D eigenvalue weighted by Gasteiger charge is -2.64. The maximum absolute atomic E-state index is 12.5. The molecule has 8 N–H and O–H groups in total. The van der Waals surface area contributed by atoms with Gasteiger partial charge in [-0.1, -0.05) is 6.92 Å². The molecule has 49 heavy (non-hydrogen) atoms. The molecule has 7 aliphatic rings. The summed E-state index contributed by atoms with van der Waals surface area (Å²) < 4.78 is 28.7. The molecule has 0 aromatic carbocycles. The molecule has 3 aliphatic heterocycles. The van der Waals surface area contributed by atoms with Crippen molar-refractivity contribution in [3.8, 4) is 0 Å². The second-order valence-corrected chi connectivity index (χ2v) is 16.2. The van der Waals surface area contributed by atoms with E-state index in [-0.39, 0.29) is 53.2 Å². The molecular weight excluding hydrogens is 644 g/mol. The van der Waals surface area contributed by atoms with Crippen molar-refractivity contribution in [3.05, 3.63) is 11.6 Å². The number of cyclic esters (lactones) is 1. The van der Waals surface area contributed by atoms with E-state index in [1.165, 1.54) is 0 Å². The fraction of sp³-hybridized carbons (Fsp3) is 0.914. The molecule has 0 bridgehead atoms. The summed E-state index contributed by atoms with van der Waals surface area (Å²) in [5.41, 5.74) is -0.641. The molecule has 18 atom stereocenters. The Morgan fingerprint density at radius 3 is 2.27 bits per heavy atom. The van der Waals surface area contributed by atoms with Gasteiger partial charge in [-0.25, -0.2) is 4.79 Å². The van der Waals surface area contributed by atoms with Gasteiger partial charge in [-0.15, -0.1) is 0 Å². The van der Waals surface area contributed by atoms with Crippen LogP contribution in [0.15, 0.2) is 11.6 Å². The van der Waals surface area contributed by atoms with Crippen LogP contribution >= 0.6 is 0 Å². The van der Waals surface area contributed by atoms with Gasteiger partial charge in [0.05, 0.1) is 24.4 Å². The molecule has 14 nitrogen and oxygen atoms in total. The molecule has 14 heteroatoms. The molecule has 0 aromatic rings. The smallest absolute Gasteiger partial charge is 0.331 e. The Labute approximate surface area is 285 Å². The SMILES string of the molecule is C[C@H]1O[C@@H](O[C@H]2CC[C@@]3(CO)[C@@H](CC[C@@H]4[C@@H]3CC[C@]3(C)[C@@H](C5=CC(=O)OC5)CC[C@]43O)C2)[C@H](O)[C@H](O)[C@@H]1O[C@@H]1O[C@H](CO)[C@@H](O)[C@H](O)[C@H]1O. The zero-order chi connectivity index (χ0) is 35.0. The molecule has 0 amide bonds. The van der Waals surface area contributed by atoms with E-state index in [0.717, 1.165) is 37.7 Å². The first-order valence-electron chi connectivity index (χ1n) is 18.1. The van der Waals surface area contributed by atoms with Crippen LogP contribution in [-0.4, -0.2) is 140 Å². The van der Waals surface area contributed by atoms with Crippen molar-refractivity contribution in [1.82, 2.24) is 0 Å². The molecule has 2 saturated heterocycles. The zero-order valence-corrected chi connectivity index (χ0v) is 28.3. The third-order valence-electron chi connectivity index (χ3n) is 14.2. The summed E-state index contributed by atoms with van der Waals surface area (Å²) in [5, 5.41) is 85.8. The number of ether oxygens (including phenoxy) is 5. The third-order valence-corrected chi connectivity index (χ3v) is 14.2. The number of aliphatic hydroxyl groups excluding tert-OH is 7. The predicted octanol–water partition coefficient (Wildman–Crippen LogP) is -0.747. The van der Waals surface area contributed by atoms with Crippen LogP contribution in [0.5, 0.6) is 0 Å². The van der Waals surface area contributed by atoms with Crippen molar-refractivity contribution in [2.75, 3.05) is 19.8 Å². The highest BCUT2D eigenvalue weighted by atomic mass is 16.7. The molecule has 3 heterocycles. The van der Waals surface area contributed by atoms with Crippen LogP contribution in [0, 0.1) is 34.5 Å². The topological polar surface area (TPSA) is 225 Å². The summed E-state index contributed by atoms with van der Waals surface area (Å²) in [6.45, 7) is 3.47. The highest BCUT2D eigenvalue weighted by molar-refractivity contribution is 5.85. The number of rotatable bonds is 7. The summed E-state index contributed by atoms with van der Waals surface area (Å²) in [7, 11) is 0. The van der Waals surface area contributed by atoms with Crippen molar-refractivity contribution >= 4 is 5.97 Å². The van der Waals surface area contributed by atoms with Crippen LogP contribution in [0.1, 0.15) is 71.6 Å². The van der Waals surface area contributed by atoms with E-state index in [0.29, 0.717) is 32.3 Å². The van der Waals surface area contributed by atoms with Gasteiger partial charge in [0, 0.05) is 18.1 Å². The van der Waals surface area contributed by atoms with Crippen LogP contribution in [0.2, 0.25) is 0 Å². The number of carbonyl (C=O) groups is 1. The average molecular weight is 699 g/mol. The van der Waals surface area contributed by atoms with Gasteiger partial charge in [0.2, 0.25) is 0 Å². The number of fused-ring (bicyclic) bond motifs is 5. The maximum atomic E-state index is 12.5. The van der Waals surface area contributed by atoms with E-state index in [1.807, 2.05) is 0 Å². The van der Waals surface area contributed by atoms with Gasteiger partial charge in [0.1, 0.15) is 49.3 Å². The summed E-state index contributed by atoms with van der Waals surface area (Å²) in [4.78, 5) is 11.9. The van der Waals surface area contributed by atoms with E-state index in [2.05, 4.69) is 6.92 Å². The average Bonchev–Trinajstić information content (AvgIpc) is 3.64. The lowest BCUT2D eigenvalue weighted by Crippen LogP contribution is -2.64. The second-order valence-electron chi connectivity index (χ2n) is 16.2. The molecule has 6 fully saturated rings. The van der Waals surface area contributed by atoms with E-state index in [9.17, 15) is 45.6 Å². The monoisotopic (exact) mass is 698 g/mol. The van der Waals surface area contributed by atoms with E-state index >= 15 is 0 Å². The molecule has 4 saturated carbocycles. The number of hydrogen-bond donors (Lipinski definition) is 8. The first kappa shape index (κ1) is 36.1.